The summed E-state index contributed by atoms with van der Waals surface area (Å²) in [6.45, 7) is 1.45. The molecule has 0 saturated carbocycles. The molecule has 0 bridgehead atoms. The molecule has 0 atom stereocenters. The van der Waals surface area contributed by atoms with Gasteiger partial charge >= 0.3 is 5.97 Å². The number of methoxy groups -OCH3 is 1. The third-order valence-corrected chi connectivity index (χ3v) is 6.01. The summed E-state index contributed by atoms with van der Waals surface area (Å²) in [5, 5.41) is 2.74. The standard InChI is InChI=1S/C31H24N2O5/c1-20(34)32-25-12-14-26(15-13-25)33-28(21-6-4-3-5-7-21)19-24(30(33)35)18-27-16-17-29(38-27)22-8-10-23(11-9-22)31(36)37-2/h3-19H,1-2H3,(H,32,34)/b24-18+. The summed E-state index contributed by atoms with van der Waals surface area (Å²) in [6.07, 6.45) is 3.55. The lowest BCUT2D eigenvalue weighted by molar-refractivity contribution is -0.114. The van der Waals surface area contributed by atoms with Crippen LogP contribution in [0.3, 0.4) is 0 Å². The van der Waals surface area contributed by atoms with E-state index in [9.17, 15) is 14.4 Å². The van der Waals surface area contributed by atoms with Crippen LogP contribution >= 0.6 is 0 Å². The van der Waals surface area contributed by atoms with E-state index in [4.69, 9.17) is 9.15 Å². The van der Waals surface area contributed by atoms with E-state index in [1.165, 1.54) is 14.0 Å². The van der Waals surface area contributed by atoms with Crippen LogP contribution in [-0.4, -0.2) is 24.9 Å². The van der Waals surface area contributed by atoms with E-state index in [2.05, 4.69) is 5.32 Å². The zero-order valence-corrected chi connectivity index (χ0v) is 20.8. The summed E-state index contributed by atoms with van der Waals surface area (Å²) in [6, 6.07) is 27.3. The number of ether oxygens (including phenoxy) is 1. The van der Waals surface area contributed by atoms with E-state index in [1.54, 1.807) is 65.6 Å². The molecule has 188 valence electrons. The number of nitrogens with zero attached hydrogens (tertiary/aromatic N) is 1. The maximum atomic E-state index is 13.6. The van der Waals surface area contributed by atoms with Gasteiger partial charge in [-0.2, -0.15) is 0 Å². The molecule has 4 aromatic rings. The van der Waals surface area contributed by atoms with Gasteiger partial charge in [0.1, 0.15) is 11.5 Å². The molecule has 7 nitrogen and oxygen atoms in total. The van der Waals surface area contributed by atoms with Crippen LogP contribution in [0.4, 0.5) is 11.4 Å². The Morgan fingerprint density at radius 2 is 1.58 bits per heavy atom. The Labute approximate surface area is 219 Å². The van der Waals surface area contributed by atoms with Gasteiger partial charge in [0.2, 0.25) is 5.91 Å². The van der Waals surface area contributed by atoms with Gasteiger partial charge < -0.3 is 14.5 Å². The summed E-state index contributed by atoms with van der Waals surface area (Å²) < 4.78 is 10.8. The van der Waals surface area contributed by atoms with Gasteiger partial charge in [0, 0.05) is 29.4 Å². The van der Waals surface area contributed by atoms with Crippen molar-refractivity contribution < 1.29 is 23.5 Å². The lowest BCUT2D eigenvalue weighted by Gasteiger charge is -2.21. The maximum absolute atomic E-state index is 13.6. The molecule has 5 rings (SSSR count). The third kappa shape index (κ3) is 5.03. The molecule has 0 fully saturated rings. The molecule has 0 unspecified atom stereocenters. The summed E-state index contributed by atoms with van der Waals surface area (Å²) >= 11 is 0. The van der Waals surface area contributed by atoms with Gasteiger partial charge in [0.25, 0.3) is 5.91 Å². The van der Waals surface area contributed by atoms with E-state index in [0.29, 0.717) is 34.0 Å². The fourth-order valence-electron chi connectivity index (χ4n) is 4.22. The van der Waals surface area contributed by atoms with E-state index >= 15 is 0 Å². The topological polar surface area (TPSA) is 88.9 Å². The summed E-state index contributed by atoms with van der Waals surface area (Å²) in [5.41, 5.74) is 4.66. The van der Waals surface area contributed by atoms with Crippen LogP contribution in [0.15, 0.2) is 107 Å². The molecular weight excluding hydrogens is 480 g/mol. The van der Waals surface area contributed by atoms with Crippen LogP contribution in [0.5, 0.6) is 0 Å². The van der Waals surface area contributed by atoms with Gasteiger partial charge in [-0.25, -0.2) is 4.79 Å². The van der Waals surface area contributed by atoms with Gasteiger partial charge in [-0.1, -0.05) is 42.5 Å². The van der Waals surface area contributed by atoms with Gasteiger partial charge in [0.05, 0.1) is 18.4 Å². The summed E-state index contributed by atoms with van der Waals surface area (Å²) in [5.74, 6) is 0.360. The highest BCUT2D eigenvalue weighted by Gasteiger charge is 2.30. The highest BCUT2D eigenvalue weighted by molar-refractivity contribution is 6.23. The Hall–Kier alpha value is -5.17. The average Bonchev–Trinajstić information content (AvgIpc) is 3.54. The van der Waals surface area contributed by atoms with Crippen molar-refractivity contribution in [3.05, 3.63) is 120 Å². The number of rotatable bonds is 6. The van der Waals surface area contributed by atoms with Gasteiger partial charge in [-0.15, -0.1) is 0 Å². The number of hydrogen-bond donors (Lipinski definition) is 1. The zero-order chi connectivity index (χ0) is 26.6. The quantitative estimate of drug-likeness (QED) is 0.251. The molecular formula is C31H24N2O5. The molecule has 2 heterocycles. The largest absolute Gasteiger partial charge is 0.465 e. The van der Waals surface area contributed by atoms with Crippen molar-refractivity contribution in [3.63, 3.8) is 0 Å². The lowest BCUT2D eigenvalue weighted by atomic mass is 10.1. The Balaban J connectivity index is 1.46. The molecule has 1 aliphatic heterocycles. The van der Waals surface area contributed by atoms with Crippen molar-refractivity contribution in [2.24, 2.45) is 0 Å². The number of esters is 1. The second kappa shape index (κ2) is 10.4. The normalized spacial score (nSPS) is 13.9. The van der Waals surface area contributed by atoms with E-state index in [-0.39, 0.29) is 11.8 Å². The Bertz CT molecular complexity index is 1560. The highest BCUT2D eigenvalue weighted by atomic mass is 16.5. The van der Waals surface area contributed by atoms with Crippen LogP contribution < -0.4 is 10.2 Å². The fourth-order valence-corrected chi connectivity index (χ4v) is 4.22. The maximum Gasteiger partial charge on any atom is 0.337 e. The monoisotopic (exact) mass is 504 g/mol. The number of amides is 2. The average molecular weight is 505 g/mol. The molecule has 1 aliphatic rings. The first kappa shape index (κ1) is 24.5. The van der Waals surface area contributed by atoms with Crippen LogP contribution in [0.2, 0.25) is 0 Å². The second-order valence-corrected chi connectivity index (χ2v) is 8.63. The number of hydrogen-bond acceptors (Lipinski definition) is 5. The minimum atomic E-state index is -0.406. The van der Waals surface area contributed by atoms with E-state index < -0.39 is 5.97 Å². The van der Waals surface area contributed by atoms with Crippen LogP contribution in [0.1, 0.15) is 28.6 Å². The fraction of sp³-hybridized carbons (Fsp3) is 0.0645. The highest BCUT2D eigenvalue weighted by Crippen LogP contribution is 2.36. The second-order valence-electron chi connectivity index (χ2n) is 8.63. The first-order valence-corrected chi connectivity index (χ1v) is 11.9. The van der Waals surface area contributed by atoms with Gasteiger partial charge in [-0.3, -0.25) is 14.5 Å². The minimum Gasteiger partial charge on any atom is -0.465 e. The number of carbonyl (C=O) groups is 3. The number of nitrogens with one attached hydrogen (secondary N) is 1. The molecule has 0 saturated heterocycles. The smallest absolute Gasteiger partial charge is 0.337 e. The van der Waals surface area contributed by atoms with Crippen molar-refractivity contribution in [2.75, 3.05) is 17.3 Å². The summed E-state index contributed by atoms with van der Waals surface area (Å²) in [7, 11) is 1.34. The van der Waals surface area contributed by atoms with E-state index in [1.807, 2.05) is 42.5 Å². The number of benzene rings is 3. The van der Waals surface area contributed by atoms with E-state index in [0.717, 1.165) is 16.8 Å². The predicted molar refractivity (Wildman–Crippen MR) is 146 cm³/mol. The van der Waals surface area contributed by atoms with Crippen molar-refractivity contribution in [3.8, 4) is 11.3 Å². The Morgan fingerprint density at radius 3 is 2.24 bits per heavy atom. The minimum absolute atomic E-state index is 0.165. The summed E-state index contributed by atoms with van der Waals surface area (Å²) in [4.78, 5) is 38.3. The van der Waals surface area contributed by atoms with Crippen LogP contribution in [0.25, 0.3) is 23.1 Å². The third-order valence-electron chi connectivity index (χ3n) is 6.01. The first-order valence-electron chi connectivity index (χ1n) is 11.9. The van der Waals surface area contributed by atoms with Crippen molar-refractivity contribution in [1.29, 1.82) is 0 Å². The van der Waals surface area contributed by atoms with Crippen LogP contribution in [-0.2, 0) is 14.3 Å². The molecule has 7 heteroatoms. The molecule has 3 aromatic carbocycles. The Morgan fingerprint density at radius 1 is 0.868 bits per heavy atom. The van der Waals surface area contributed by atoms with Crippen molar-refractivity contribution in [2.45, 2.75) is 6.92 Å². The van der Waals surface area contributed by atoms with Gasteiger partial charge in [-0.05, 0) is 66.2 Å². The lowest BCUT2D eigenvalue weighted by Crippen LogP contribution is -2.24. The number of furan rings is 1. The number of anilines is 2. The molecule has 1 aromatic heterocycles. The molecule has 38 heavy (non-hydrogen) atoms. The molecule has 0 radical (unpaired) electrons. The first-order chi connectivity index (χ1) is 18.4. The SMILES string of the molecule is COC(=O)c1ccc(-c2ccc(/C=C3\C=C(c4ccccc4)N(c4ccc(NC(C)=O)cc4)C3=O)o2)cc1. The van der Waals surface area contributed by atoms with Crippen molar-refractivity contribution in [1.82, 2.24) is 0 Å². The molecule has 2 amide bonds. The molecule has 1 N–H and O–H groups in total. The number of carbonyl (C=O) groups excluding carboxylic acids is 3. The predicted octanol–water partition coefficient (Wildman–Crippen LogP) is 6.16. The zero-order valence-electron chi connectivity index (χ0n) is 20.8. The Kier molecular flexibility index (Phi) is 6.74. The van der Waals surface area contributed by atoms with Crippen LogP contribution in [0, 0.1) is 0 Å². The molecule has 0 spiro atoms. The van der Waals surface area contributed by atoms with Crippen molar-refractivity contribution >= 4 is 40.9 Å². The molecule has 0 aliphatic carbocycles. The van der Waals surface area contributed by atoms with Gasteiger partial charge in [0.15, 0.2) is 0 Å².